The van der Waals surface area contributed by atoms with Crippen molar-refractivity contribution < 1.29 is 0 Å². The van der Waals surface area contributed by atoms with Crippen molar-refractivity contribution in [3.63, 3.8) is 0 Å². The van der Waals surface area contributed by atoms with Crippen LogP contribution in [0.15, 0.2) is 12.1 Å². The molecule has 0 spiro atoms. The van der Waals surface area contributed by atoms with Gasteiger partial charge in [-0.15, -0.1) is 0 Å². The molecular weight excluding hydrogens is 232 g/mol. The second kappa shape index (κ2) is 6.53. The van der Waals surface area contributed by atoms with E-state index in [0.717, 1.165) is 12.5 Å². The topological polar surface area (TPSA) is 15.3 Å². The van der Waals surface area contributed by atoms with Crippen molar-refractivity contribution in [1.82, 2.24) is 10.2 Å². The second-order valence-electron chi connectivity index (χ2n) is 6.25. The number of hydrogen-bond donors (Lipinski definition) is 1. The molecule has 1 atom stereocenters. The minimum atomic E-state index is 0.892. The van der Waals surface area contributed by atoms with Crippen LogP contribution >= 0.6 is 0 Å². The zero-order chi connectivity index (χ0) is 13.8. The average Bonchev–Trinajstić information content (AvgIpc) is 2.86. The van der Waals surface area contributed by atoms with Gasteiger partial charge in [-0.05, 0) is 88.5 Å². The number of nitrogens with zero attached hydrogens (tertiary/aromatic N) is 1. The summed E-state index contributed by atoms with van der Waals surface area (Å²) in [6.45, 7) is 11.4. The number of benzene rings is 1. The first-order chi connectivity index (χ1) is 9.06. The van der Waals surface area contributed by atoms with Crippen LogP contribution in [-0.4, -0.2) is 31.6 Å². The largest absolute Gasteiger partial charge is 0.316 e. The Morgan fingerprint density at radius 2 is 1.89 bits per heavy atom. The van der Waals surface area contributed by atoms with Crippen molar-refractivity contribution in [3.8, 4) is 0 Å². The van der Waals surface area contributed by atoms with Crippen molar-refractivity contribution in [2.24, 2.45) is 5.92 Å². The van der Waals surface area contributed by atoms with Crippen molar-refractivity contribution in [2.75, 3.05) is 26.7 Å². The highest BCUT2D eigenvalue weighted by molar-refractivity contribution is 5.36. The molecule has 1 aromatic rings. The smallest absolute Gasteiger partial charge is 0.0233 e. The van der Waals surface area contributed by atoms with E-state index in [1.807, 2.05) is 0 Å². The van der Waals surface area contributed by atoms with Crippen LogP contribution in [-0.2, 0) is 6.54 Å². The van der Waals surface area contributed by atoms with E-state index in [1.54, 1.807) is 0 Å². The zero-order valence-corrected chi connectivity index (χ0v) is 12.9. The van der Waals surface area contributed by atoms with Crippen LogP contribution in [0.2, 0.25) is 0 Å². The van der Waals surface area contributed by atoms with E-state index in [-0.39, 0.29) is 0 Å². The first kappa shape index (κ1) is 14.5. The SMILES string of the molecule is Cc1cc(C)c(CN(C)CCC2CCNC2)cc1C. The molecule has 2 nitrogen and oxygen atoms in total. The lowest BCUT2D eigenvalue weighted by atomic mass is 10.00. The average molecular weight is 260 g/mol. The maximum absolute atomic E-state index is 3.45. The summed E-state index contributed by atoms with van der Waals surface area (Å²) in [5.74, 6) is 0.892. The predicted octanol–water partition coefficient (Wildman–Crippen LogP) is 3.04. The van der Waals surface area contributed by atoms with Gasteiger partial charge in [-0.1, -0.05) is 12.1 Å². The lowest BCUT2D eigenvalue weighted by molar-refractivity contribution is 0.297. The predicted molar refractivity (Wildman–Crippen MR) is 82.6 cm³/mol. The highest BCUT2D eigenvalue weighted by Crippen LogP contribution is 2.18. The first-order valence-electron chi connectivity index (χ1n) is 7.52. The zero-order valence-electron chi connectivity index (χ0n) is 12.9. The summed E-state index contributed by atoms with van der Waals surface area (Å²) in [6.07, 6.45) is 2.68. The summed E-state index contributed by atoms with van der Waals surface area (Å²) in [6, 6.07) is 4.68. The van der Waals surface area contributed by atoms with Crippen molar-refractivity contribution in [3.05, 3.63) is 34.4 Å². The Morgan fingerprint density at radius 3 is 2.58 bits per heavy atom. The molecule has 1 unspecified atom stereocenters. The third kappa shape index (κ3) is 4.05. The molecule has 0 bridgehead atoms. The third-order valence-corrected chi connectivity index (χ3v) is 4.47. The fourth-order valence-corrected chi connectivity index (χ4v) is 2.92. The molecule has 2 rings (SSSR count). The maximum Gasteiger partial charge on any atom is 0.0233 e. The number of hydrogen-bond acceptors (Lipinski definition) is 2. The standard InChI is InChI=1S/C17H28N2/c1-13-9-15(3)17(10-14(13)2)12-19(4)8-6-16-5-7-18-11-16/h9-10,16,18H,5-8,11-12H2,1-4H3. The molecule has 19 heavy (non-hydrogen) atoms. The van der Waals surface area contributed by atoms with Gasteiger partial charge in [-0.25, -0.2) is 0 Å². The highest BCUT2D eigenvalue weighted by atomic mass is 15.1. The van der Waals surface area contributed by atoms with Gasteiger partial charge in [0.15, 0.2) is 0 Å². The second-order valence-corrected chi connectivity index (χ2v) is 6.25. The molecule has 106 valence electrons. The van der Waals surface area contributed by atoms with E-state index in [1.165, 1.54) is 54.7 Å². The van der Waals surface area contributed by atoms with Gasteiger partial charge in [0, 0.05) is 6.54 Å². The van der Waals surface area contributed by atoms with Crippen molar-refractivity contribution in [1.29, 1.82) is 0 Å². The Hall–Kier alpha value is -0.860. The summed E-state index contributed by atoms with van der Waals surface area (Å²) in [4.78, 5) is 2.47. The Labute approximate surface area is 118 Å². The van der Waals surface area contributed by atoms with Crippen LogP contribution in [0.3, 0.4) is 0 Å². The molecule has 1 heterocycles. The molecule has 1 aliphatic heterocycles. The minimum absolute atomic E-state index is 0.892. The Balaban J connectivity index is 1.87. The maximum atomic E-state index is 3.45. The summed E-state index contributed by atoms with van der Waals surface area (Å²) < 4.78 is 0. The van der Waals surface area contributed by atoms with Crippen LogP contribution < -0.4 is 5.32 Å². The van der Waals surface area contributed by atoms with Crippen LogP contribution in [0, 0.1) is 26.7 Å². The van der Waals surface area contributed by atoms with Gasteiger partial charge < -0.3 is 10.2 Å². The van der Waals surface area contributed by atoms with Gasteiger partial charge in [0.1, 0.15) is 0 Å². The first-order valence-corrected chi connectivity index (χ1v) is 7.52. The van der Waals surface area contributed by atoms with E-state index in [2.05, 4.69) is 50.2 Å². The molecule has 0 aromatic heterocycles. The van der Waals surface area contributed by atoms with Gasteiger partial charge in [0.25, 0.3) is 0 Å². The van der Waals surface area contributed by atoms with E-state index in [0.29, 0.717) is 0 Å². The van der Waals surface area contributed by atoms with Crippen molar-refractivity contribution >= 4 is 0 Å². The van der Waals surface area contributed by atoms with E-state index >= 15 is 0 Å². The highest BCUT2D eigenvalue weighted by Gasteiger charge is 2.15. The van der Waals surface area contributed by atoms with Gasteiger partial charge in [-0.3, -0.25) is 0 Å². The molecule has 1 fully saturated rings. The van der Waals surface area contributed by atoms with Crippen LogP contribution in [0.25, 0.3) is 0 Å². The molecule has 0 saturated carbocycles. The molecule has 1 aromatic carbocycles. The van der Waals surface area contributed by atoms with Crippen molar-refractivity contribution in [2.45, 2.75) is 40.2 Å². The quantitative estimate of drug-likeness (QED) is 0.875. The monoisotopic (exact) mass is 260 g/mol. The fraction of sp³-hybridized carbons (Fsp3) is 0.647. The lowest BCUT2D eigenvalue weighted by Crippen LogP contribution is -2.22. The van der Waals surface area contributed by atoms with Gasteiger partial charge >= 0.3 is 0 Å². The number of nitrogens with one attached hydrogen (secondary N) is 1. The van der Waals surface area contributed by atoms with E-state index in [4.69, 9.17) is 0 Å². The fourth-order valence-electron chi connectivity index (χ4n) is 2.92. The lowest BCUT2D eigenvalue weighted by Gasteiger charge is -2.20. The van der Waals surface area contributed by atoms with Crippen LogP contribution in [0.5, 0.6) is 0 Å². The summed E-state index contributed by atoms with van der Waals surface area (Å²) in [5.41, 5.74) is 5.72. The van der Waals surface area contributed by atoms with Gasteiger partial charge in [0.05, 0.1) is 0 Å². The molecule has 1 aliphatic rings. The Kier molecular flexibility index (Phi) is 5.00. The molecular formula is C17H28N2. The Morgan fingerprint density at radius 1 is 1.16 bits per heavy atom. The summed E-state index contributed by atoms with van der Waals surface area (Å²) in [5, 5.41) is 3.45. The molecule has 2 heteroatoms. The summed E-state index contributed by atoms with van der Waals surface area (Å²) in [7, 11) is 2.25. The number of rotatable bonds is 5. The summed E-state index contributed by atoms with van der Waals surface area (Å²) >= 11 is 0. The van der Waals surface area contributed by atoms with E-state index in [9.17, 15) is 0 Å². The minimum Gasteiger partial charge on any atom is -0.316 e. The molecule has 0 aliphatic carbocycles. The van der Waals surface area contributed by atoms with E-state index < -0.39 is 0 Å². The molecule has 1 saturated heterocycles. The molecule has 0 radical (unpaired) electrons. The van der Waals surface area contributed by atoms with Gasteiger partial charge in [0.2, 0.25) is 0 Å². The third-order valence-electron chi connectivity index (χ3n) is 4.47. The normalized spacial score (nSPS) is 19.3. The number of aryl methyl sites for hydroxylation is 3. The Bertz CT molecular complexity index is 420. The van der Waals surface area contributed by atoms with Crippen LogP contribution in [0.1, 0.15) is 35.1 Å². The molecule has 1 N–H and O–H groups in total. The van der Waals surface area contributed by atoms with Crippen LogP contribution in [0.4, 0.5) is 0 Å². The van der Waals surface area contributed by atoms with Gasteiger partial charge in [-0.2, -0.15) is 0 Å². The molecule has 0 amide bonds.